The minimum absolute atomic E-state index is 0.246. The van der Waals surface area contributed by atoms with E-state index in [1.165, 1.54) is 64.2 Å². The van der Waals surface area contributed by atoms with E-state index in [0.717, 1.165) is 23.7 Å². The number of hydrogen-bond donors (Lipinski definition) is 4. The van der Waals surface area contributed by atoms with Crippen molar-refractivity contribution < 1.29 is 25.2 Å². The molecule has 0 bridgehead atoms. The number of carboxylic acid groups (broad SMARTS) is 1. The standard InChI is InChI=1S/C27H44O5/c1-16(7-12-22(28)23(24(29)30)25(31)32)19-10-11-20-18-9-8-17-6-4-5-14-26(17,2)21(18)13-15-27(19,20)3/h16-22,28-30H,4-15H2,1-3H3,(H,31,32)/t16-,17?,18+,19-,20+,21+,22?,26+,27-/m1/s1. The monoisotopic (exact) mass is 448 g/mol. The summed E-state index contributed by atoms with van der Waals surface area (Å²) in [5.41, 5.74) is 0.210. The Morgan fingerprint density at radius 2 is 1.59 bits per heavy atom. The average Bonchev–Trinajstić information content (AvgIpc) is 3.08. The molecule has 4 aliphatic rings. The molecule has 0 amide bonds. The second-order valence-corrected chi connectivity index (χ2v) is 12.2. The molecule has 4 aliphatic carbocycles. The molecule has 182 valence electrons. The van der Waals surface area contributed by atoms with Gasteiger partial charge in [-0.2, -0.15) is 0 Å². The summed E-state index contributed by atoms with van der Waals surface area (Å²) in [6.45, 7) is 7.40. The molecule has 0 spiro atoms. The van der Waals surface area contributed by atoms with Crippen LogP contribution in [0.3, 0.4) is 0 Å². The van der Waals surface area contributed by atoms with Crippen LogP contribution in [0.1, 0.15) is 97.8 Å². The molecule has 0 aliphatic heterocycles. The third-order valence-electron chi connectivity index (χ3n) is 11.0. The third-order valence-corrected chi connectivity index (χ3v) is 11.0. The van der Waals surface area contributed by atoms with Crippen molar-refractivity contribution in [2.24, 2.45) is 46.3 Å². The first-order valence-corrected chi connectivity index (χ1v) is 13.1. The van der Waals surface area contributed by atoms with E-state index in [4.69, 9.17) is 5.11 Å². The number of fused-ring (bicyclic) bond motifs is 5. The fraction of sp³-hybridized carbons (Fsp3) is 0.889. The molecule has 4 fully saturated rings. The van der Waals surface area contributed by atoms with Crippen LogP contribution in [-0.2, 0) is 4.79 Å². The van der Waals surface area contributed by atoms with Crippen molar-refractivity contribution in [2.45, 2.75) is 104 Å². The summed E-state index contributed by atoms with van der Waals surface area (Å²) in [6, 6.07) is 0. The zero-order valence-corrected chi connectivity index (χ0v) is 20.2. The van der Waals surface area contributed by atoms with Gasteiger partial charge in [-0.1, -0.05) is 33.6 Å². The van der Waals surface area contributed by atoms with Crippen molar-refractivity contribution in [2.75, 3.05) is 0 Å². The Morgan fingerprint density at radius 3 is 2.28 bits per heavy atom. The Morgan fingerprint density at radius 1 is 0.875 bits per heavy atom. The highest BCUT2D eigenvalue weighted by Gasteiger charge is 2.60. The first kappa shape index (κ1) is 23.9. The highest BCUT2D eigenvalue weighted by molar-refractivity contribution is 5.87. The lowest BCUT2D eigenvalue weighted by Gasteiger charge is -2.61. The molecule has 0 radical (unpaired) electrons. The summed E-state index contributed by atoms with van der Waals surface area (Å²) >= 11 is 0. The zero-order chi connectivity index (χ0) is 23.3. The maximum atomic E-state index is 11.2. The molecule has 9 atom stereocenters. The molecule has 4 saturated carbocycles. The maximum absolute atomic E-state index is 11.2. The van der Waals surface area contributed by atoms with Crippen LogP contribution in [0.4, 0.5) is 0 Å². The highest BCUT2D eigenvalue weighted by atomic mass is 16.5. The summed E-state index contributed by atoms with van der Waals surface area (Å²) in [5.74, 6) is 1.73. The molecular formula is C27H44O5. The van der Waals surface area contributed by atoms with E-state index >= 15 is 0 Å². The lowest BCUT2D eigenvalue weighted by molar-refractivity contribution is -0.134. The molecule has 0 heterocycles. The smallest absolute Gasteiger partial charge is 0.341 e. The Labute approximate surface area is 193 Å². The maximum Gasteiger partial charge on any atom is 0.341 e. The van der Waals surface area contributed by atoms with Crippen molar-refractivity contribution in [3.05, 3.63) is 11.5 Å². The van der Waals surface area contributed by atoms with Crippen molar-refractivity contribution in [3.8, 4) is 0 Å². The Bertz CT molecular complexity index is 742. The predicted octanol–water partition coefficient (Wildman–Crippen LogP) is 6.22. The number of rotatable bonds is 6. The van der Waals surface area contributed by atoms with Gasteiger partial charge in [-0.25, -0.2) is 4.79 Å². The number of carboxylic acids is 1. The molecule has 0 aromatic rings. The van der Waals surface area contributed by atoms with Crippen LogP contribution < -0.4 is 0 Å². The van der Waals surface area contributed by atoms with Gasteiger partial charge in [-0.3, -0.25) is 0 Å². The van der Waals surface area contributed by atoms with E-state index in [0.29, 0.717) is 29.1 Å². The molecule has 32 heavy (non-hydrogen) atoms. The summed E-state index contributed by atoms with van der Waals surface area (Å²) in [7, 11) is 0. The molecule has 5 heteroatoms. The topological polar surface area (TPSA) is 98.0 Å². The number of aliphatic carboxylic acids is 1. The van der Waals surface area contributed by atoms with Gasteiger partial charge < -0.3 is 20.4 Å². The van der Waals surface area contributed by atoms with E-state index in [2.05, 4.69) is 20.8 Å². The number of hydrogen-bond acceptors (Lipinski definition) is 4. The van der Waals surface area contributed by atoms with Crippen LogP contribution in [0.2, 0.25) is 0 Å². The van der Waals surface area contributed by atoms with E-state index in [1.807, 2.05) is 0 Å². The van der Waals surface area contributed by atoms with Crippen LogP contribution in [0.5, 0.6) is 0 Å². The molecule has 0 aromatic heterocycles. The molecule has 4 N–H and O–H groups in total. The van der Waals surface area contributed by atoms with Crippen molar-refractivity contribution in [1.82, 2.24) is 0 Å². The van der Waals surface area contributed by atoms with Gasteiger partial charge in [-0.05, 0) is 111 Å². The van der Waals surface area contributed by atoms with Gasteiger partial charge in [0.2, 0.25) is 0 Å². The normalized spacial score (nSPS) is 42.8. The predicted molar refractivity (Wildman–Crippen MR) is 124 cm³/mol. The molecule has 4 rings (SSSR count). The largest absolute Gasteiger partial charge is 0.481 e. The van der Waals surface area contributed by atoms with Crippen LogP contribution in [0.15, 0.2) is 11.5 Å². The van der Waals surface area contributed by atoms with Gasteiger partial charge >= 0.3 is 5.97 Å². The lowest BCUT2D eigenvalue weighted by atomic mass is 9.44. The molecular weight excluding hydrogens is 404 g/mol. The van der Waals surface area contributed by atoms with Crippen molar-refractivity contribution in [3.63, 3.8) is 0 Å². The number of aliphatic hydroxyl groups excluding tert-OH is 2. The van der Waals surface area contributed by atoms with Crippen molar-refractivity contribution in [1.29, 1.82) is 0 Å². The Kier molecular flexibility index (Phi) is 6.61. The van der Waals surface area contributed by atoms with Gasteiger partial charge in [-0.15, -0.1) is 0 Å². The summed E-state index contributed by atoms with van der Waals surface area (Å²) in [4.78, 5) is 11.2. The Hall–Kier alpha value is -1.23. The zero-order valence-electron chi connectivity index (χ0n) is 20.2. The van der Waals surface area contributed by atoms with E-state index in [-0.39, 0.29) is 6.42 Å². The van der Waals surface area contributed by atoms with Gasteiger partial charge in [0.15, 0.2) is 0 Å². The molecule has 2 unspecified atom stereocenters. The number of carbonyl (C=O) groups is 1. The fourth-order valence-corrected chi connectivity index (χ4v) is 9.42. The average molecular weight is 449 g/mol. The quantitative estimate of drug-likeness (QED) is 0.285. The van der Waals surface area contributed by atoms with Crippen LogP contribution >= 0.6 is 0 Å². The van der Waals surface area contributed by atoms with Gasteiger partial charge in [0.1, 0.15) is 5.57 Å². The third kappa shape index (κ3) is 3.86. The first-order chi connectivity index (χ1) is 15.1. The second kappa shape index (κ2) is 8.85. The van der Waals surface area contributed by atoms with E-state index < -0.39 is 23.6 Å². The van der Waals surface area contributed by atoms with Gasteiger partial charge in [0.05, 0.1) is 6.10 Å². The van der Waals surface area contributed by atoms with Crippen LogP contribution in [0.25, 0.3) is 0 Å². The summed E-state index contributed by atoms with van der Waals surface area (Å²) in [5, 5.41) is 37.9. The van der Waals surface area contributed by atoms with E-state index in [1.54, 1.807) is 0 Å². The Balaban J connectivity index is 1.43. The molecule has 5 nitrogen and oxygen atoms in total. The summed E-state index contributed by atoms with van der Waals surface area (Å²) in [6.07, 6.45) is 13.4. The first-order valence-electron chi connectivity index (χ1n) is 13.1. The fourth-order valence-electron chi connectivity index (χ4n) is 9.42. The lowest BCUT2D eigenvalue weighted by Crippen LogP contribution is -2.53. The molecule has 0 saturated heterocycles. The second-order valence-electron chi connectivity index (χ2n) is 12.2. The van der Waals surface area contributed by atoms with Crippen LogP contribution in [-0.4, -0.2) is 32.5 Å². The minimum Gasteiger partial charge on any atom is -0.481 e. The SMILES string of the molecule is C[C@H](CCC(O)C(C(=O)O)=C(O)O)[C@H]1CC[C@H]2[C@@H]3CCC4CCCC[C@]4(C)[C@H]3CC[C@]12C. The summed E-state index contributed by atoms with van der Waals surface area (Å²) < 4.78 is 0. The van der Waals surface area contributed by atoms with Gasteiger partial charge in [0.25, 0.3) is 5.95 Å². The van der Waals surface area contributed by atoms with E-state index in [9.17, 15) is 20.1 Å². The highest BCUT2D eigenvalue weighted by Crippen LogP contribution is 2.68. The molecule has 0 aromatic carbocycles. The van der Waals surface area contributed by atoms with Crippen LogP contribution in [0, 0.1) is 46.3 Å². The van der Waals surface area contributed by atoms with Gasteiger partial charge in [0, 0.05) is 0 Å². The minimum atomic E-state index is -1.47. The number of aliphatic hydroxyl groups is 3. The van der Waals surface area contributed by atoms with Crippen molar-refractivity contribution >= 4 is 5.97 Å².